The van der Waals surface area contributed by atoms with E-state index >= 15 is 0 Å². The van der Waals surface area contributed by atoms with Gasteiger partial charge in [0.25, 0.3) is 0 Å². The molecule has 0 saturated heterocycles. The van der Waals surface area contributed by atoms with Gasteiger partial charge in [-0.25, -0.2) is 19.7 Å². The van der Waals surface area contributed by atoms with Gasteiger partial charge in [-0.2, -0.15) is 0 Å². The molecule has 1 fully saturated rings. The van der Waals surface area contributed by atoms with E-state index in [9.17, 15) is 9.90 Å². The zero-order valence-corrected chi connectivity index (χ0v) is 17.3. The number of anilines is 3. The molecular weight excluding hydrogens is 404 g/mol. The standard InChI is InChI=1S/C20H22N6O3S/c1-29-16-10-12(6-8-15(16)27)22-18-11-21-14-7-9-17(23-19(14)24-18)25-20(28)26(30)13-4-2-3-5-13/h6-11,13,27,30H,2-5H2,1H3,(H2,22,23,24,25,28). The molecule has 2 amide bonds. The molecule has 1 aliphatic rings. The van der Waals surface area contributed by atoms with Gasteiger partial charge in [0.15, 0.2) is 23.0 Å². The number of phenols is 1. The molecule has 1 aromatic carbocycles. The summed E-state index contributed by atoms with van der Waals surface area (Å²) in [4.78, 5) is 25.7. The van der Waals surface area contributed by atoms with E-state index in [1.165, 1.54) is 17.5 Å². The number of hydrogen-bond acceptors (Lipinski definition) is 8. The maximum absolute atomic E-state index is 12.4. The summed E-state index contributed by atoms with van der Waals surface area (Å²) >= 11 is 4.35. The van der Waals surface area contributed by atoms with Gasteiger partial charge in [-0.15, -0.1) is 0 Å². The Kier molecular flexibility index (Phi) is 5.75. The minimum absolute atomic E-state index is 0.0468. The summed E-state index contributed by atoms with van der Waals surface area (Å²) in [5, 5.41) is 15.6. The largest absolute Gasteiger partial charge is 0.504 e. The number of amides is 2. The highest BCUT2D eigenvalue weighted by Gasteiger charge is 2.24. The Morgan fingerprint density at radius 1 is 1.20 bits per heavy atom. The number of nitrogens with zero attached hydrogens (tertiary/aromatic N) is 4. The highest BCUT2D eigenvalue weighted by Crippen LogP contribution is 2.30. The Bertz CT molecular complexity index is 1070. The maximum Gasteiger partial charge on any atom is 0.333 e. The molecule has 2 heterocycles. The van der Waals surface area contributed by atoms with Gasteiger partial charge < -0.3 is 15.2 Å². The molecule has 1 saturated carbocycles. The third-order valence-corrected chi connectivity index (χ3v) is 5.48. The van der Waals surface area contributed by atoms with Crippen LogP contribution in [-0.2, 0) is 0 Å². The lowest BCUT2D eigenvalue weighted by atomic mass is 10.2. The van der Waals surface area contributed by atoms with E-state index in [-0.39, 0.29) is 17.8 Å². The summed E-state index contributed by atoms with van der Waals surface area (Å²) in [6.07, 6.45) is 5.73. The number of benzene rings is 1. The number of aromatic hydroxyl groups is 1. The molecule has 0 spiro atoms. The number of pyridine rings is 1. The van der Waals surface area contributed by atoms with E-state index in [4.69, 9.17) is 4.74 Å². The van der Waals surface area contributed by atoms with Crippen molar-refractivity contribution in [2.24, 2.45) is 0 Å². The first-order chi connectivity index (χ1) is 14.5. The summed E-state index contributed by atoms with van der Waals surface area (Å²) in [7, 11) is 1.48. The second kappa shape index (κ2) is 8.62. The molecule has 10 heteroatoms. The molecule has 2 aromatic heterocycles. The zero-order valence-electron chi connectivity index (χ0n) is 16.4. The van der Waals surface area contributed by atoms with Crippen LogP contribution in [0, 0.1) is 0 Å². The predicted molar refractivity (Wildman–Crippen MR) is 117 cm³/mol. The number of phenolic OH excluding ortho intramolecular Hbond substituents is 1. The summed E-state index contributed by atoms with van der Waals surface area (Å²) in [6.45, 7) is 0. The number of fused-ring (bicyclic) bond motifs is 1. The lowest BCUT2D eigenvalue weighted by Gasteiger charge is -2.22. The summed E-state index contributed by atoms with van der Waals surface area (Å²) in [5.74, 6) is 1.23. The Morgan fingerprint density at radius 3 is 2.73 bits per heavy atom. The van der Waals surface area contributed by atoms with Crippen molar-refractivity contribution in [2.75, 3.05) is 17.7 Å². The van der Waals surface area contributed by atoms with Crippen LogP contribution < -0.4 is 15.4 Å². The van der Waals surface area contributed by atoms with Crippen LogP contribution in [0.1, 0.15) is 25.7 Å². The van der Waals surface area contributed by atoms with Crippen molar-refractivity contribution in [2.45, 2.75) is 31.7 Å². The van der Waals surface area contributed by atoms with E-state index in [0.717, 1.165) is 25.7 Å². The Labute approximate surface area is 179 Å². The van der Waals surface area contributed by atoms with Crippen LogP contribution in [0.4, 0.5) is 22.1 Å². The Hall–Kier alpha value is -3.27. The van der Waals surface area contributed by atoms with Gasteiger partial charge >= 0.3 is 6.03 Å². The van der Waals surface area contributed by atoms with Crippen LogP contribution in [0.3, 0.4) is 0 Å². The zero-order chi connectivity index (χ0) is 21.1. The molecule has 0 aliphatic heterocycles. The molecule has 9 nitrogen and oxygen atoms in total. The normalized spacial score (nSPS) is 13.9. The number of urea groups is 1. The second-order valence-corrected chi connectivity index (χ2v) is 7.45. The number of rotatable bonds is 5. The van der Waals surface area contributed by atoms with Crippen molar-refractivity contribution in [3.05, 3.63) is 36.5 Å². The van der Waals surface area contributed by atoms with E-state index in [1.807, 2.05) is 0 Å². The number of aromatic nitrogens is 3. The molecule has 3 aromatic rings. The van der Waals surface area contributed by atoms with E-state index in [0.29, 0.717) is 34.2 Å². The number of ether oxygens (including phenoxy) is 1. The monoisotopic (exact) mass is 426 g/mol. The average Bonchev–Trinajstić information content (AvgIpc) is 3.29. The minimum Gasteiger partial charge on any atom is -0.504 e. The quantitative estimate of drug-likeness (QED) is 0.359. The molecule has 3 N–H and O–H groups in total. The molecule has 156 valence electrons. The SMILES string of the molecule is COc1cc(Nc2cnc3ccc(NC(=O)N(S)C4CCCC4)nc3n2)ccc1O. The molecular formula is C20H22N6O3S. The highest BCUT2D eigenvalue weighted by atomic mass is 32.1. The maximum atomic E-state index is 12.4. The predicted octanol–water partition coefficient (Wildman–Crippen LogP) is 4.10. The number of thiol groups is 1. The number of hydrogen-bond donors (Lipinski definition) is 4. The van der Waals surface area contributed by atoms with Gasteiger partial charge in [0.2, 0.25) is 0 Å². The first-order valence-electron chi connectivity index (χ1n) is 9.60. The molecule has 1 aliphatic carbocycles. The van der Waals surface area contributed by atoms with Crippen LogP contribution >= 0.6 is 12.8 Å². The van der Waals surface area contributed by atoms with Gasteiger partial charge in [-0.1, -0.05) is 25.7 Å². The summed E-state index contributed by atoms with van der Waals surface area (Å²) in [6, 6.07) is 8.13. The second-order valence-electron chi connectivity index (χ2n) is 7.02. The number of carbonyl (C=O) groups is 1. The van der Waals surface area contributed by atoms with Crippen molar-refractivity contribution in [1.29, 1.82) is 0 Å². The summed E-state index contributed by atoms with van der Waals surface area (Å²) in [5.41, 5.74) is 1.65. The lowest BCUT2D eigenvalue weighted by molar-refractivity contribution is 0.230. The lowest BCUT2D eigenvalue weighted by Crippen LogP contribution is -2.34. The fourth-order valence-corrected chi connectivity index (χ4v) is 3.69. The van der Waals surface area contributed by atoms with Crippen LogP contribution in [0.25, 0.3) is 11.2 Å². The van der Waals surface area contributed by atoms with Crippen molar-refractivity contribution in [3.63, 3.8) is 0 Å². The number of methoxy groups -OCH3 is 1. The van der Waals surface area contributed by atoms with Gasteiger partial charge in [0, 0.05) is 17.8 Å². The number of nitrogens with one attached hydrogen (secondary N) is 2. The van der Waals surface area contributed by atoms with Gasteiger partial charge in [-0.05, 0) is 37.1 Å². The van der Waals surface area contributed by atoms with E-state index < -0.39 is 0 Å². The molecule has 0 unspecified atom stereocenters. The van der Waals surface area contributed by atoms with Crippen LogP contribution in [0.2, 0.25) is 0 Å². The smallest absolute Gasteiger partial charge is 0.333 e. The first kappa shape index (κ1) is 20.0. The minimum atomic E-state index is -0.310. The van der Waals surface area contributed by atoms with Crippen LogP contribution in [0.5, 0.6) is 11.5 Å². The molecule has 0 atom stereocenters. The van der Waals surface area contributed by atoms with Gasteiger partial charge in [0.05, 0.1) is 13.3 Å². The van der Waals surface area contributed by atoms with Gasteiger partial charge in [-0.3, -0.25) is 9.62 Å². The van der Waals surface area contributed by atoms with Crippen molar-refractivity contribution in [1.82, 2.24) is 19.3 Å². The molecule has 0 bridgehead atoms. The van der Waals surface area contributed by atoms with Crippen LogP contribution in [-0.4, -0.2) is 43.5 Å². The third kappa shape index (κ3) is 4.33. The van der Waals surface area contributed by atoms with Gasteiger partial charge in [0.1, 0.15) is 11.3 Å². The molecule has 30 heavy (non-hydrogen) atoms. The van der Waals surface area contributed by atoms with Crippen molar-refractivity contribution in [3.8, 4) is 11.5 Å². The van der Waals surface area contributed by atoms with E-state index in [1.54, 1.807) is 30.5 Å². The number of carbonyl (C=O) groups excluding carboxylic acids is 1. The molecule has 4 rings (SSSR count). The highest BCUT2D eigenvalue weighted by molar-refractivity contribution is 7.78. The fraction of sp³-hybridized carbons (Fsp3) is 0.300. The third-order valence-electron chi connectivity index (χ3n) is 4.97. The van der Waals surface area contributed by atoms with E-state index in [2.05, 4.69) is 38.4 Å². The van der Waals surface area contributed by atoms with Crippen molar-refractivity contribution < 1.29 is 14.6 Å². The van der Waals surface area contributed by atoms with Crippen LogP contribution in [0.15, 0.2) is 36.5 Å². The topological polar surface area (TPSA) is 112 Å². The van der Waals surface area contributed by atoms with Crippen molar-refractivity contribution >= 4 is 47.3 Å². The first-order valence-corrected chi connectivity index (χ1v) is 10.0. The fourth-order valence-electron chi connectivity index (χ4n) is 3.41. The summed E-state index contributed by atoms with van der Waals surface area (Å²) < 4.78 is 6.56. The Balaban J connectivity index is 1.51. The average molecular weight is 427 g/mol. The Morgan fingerprint density at radius 2 is 1.97 bits per heavy atom. The molecule has 0 radical (unpaired) electrons.